The van der Waals surface area contributed by atoms with Crippen LogP contribution in [-0.2, 0) is 14.3 Å². The molecular formula is C11H20ClNO3. The molecule has 0 amide bonds. The molecule has 2 rings (SSSR count). The van der Waals surface area contributed by atoms with Gasteiger partial charge in [-0.3, -0.25) is 4.79 Å². The van der Waals surface area contributed by atoms with Crippen LogP contribution in [0.4, 0.5) is 0 Å². The summed E-state index contributed by atoms with van der Waals surface area (Å²) in [4.78, 5) is 11.1. The second-order valence-electron chi connectivity index (χ2n) is 4.59. The molecule has 0 aliphatic carbocycles. The molecule has 0 saturated carbocycles. The zero-order valence-electron chi connectivity index (χ0n) is 9.66. The van der Waals surface area contributed by atoms with E-state index in [1.807, 2.05) is 0 Å². The minimum atomic E-state index is -0.116. The van der Waals surface area contributed by atoms with Gasteiger partial charge in [0.2, 0.25) is 0 Å². The molecule has 5 heteroatoms. The van der Waals surface area contributed by atoms with Gasteiger partial charge in [-0.15, -0.1) is 12.4 Å². The number of ether oxygens (including phenoxy) is 2. The van der Waals surface area contributed by atoms with Crippen LogP contribution in [0, 0.1) is 5.92 Å². The maximum absolute atomic E-state index is 11.1. The van der Waals surface area contributed by atoms with Crippen LogP contribution in [0.1, 0.15) is 25.7 Å². The van der Waals surface area contributed by atoms with Crippen LogP contribution in [0.5, 0.6) is 0 Å². The Bertz CT molecular complexity index is 241. The minimum Gasteiger partial charge on any atom is -0.469 e. The van der Waals surface area contributed by atoms with E-state index in [-0.39, 0.29) is 24.0 Å². The topological polar surface area (TPSA) is 47.6 Å². The van der Waals surface area contributed by atoms with Crippen LogP contribution in [0.3, 0.4) is 0 Å². The summed E-state index contributed by atoms with van der Waals surface area (Å²) in [5, 5.41) is 3.33. The van der Waals surface area contributed by atoms with Gasteiger partial charge in [-0.2, -0.15) is 0 Å². The smallest absolute Gasteiger partial charge is 0.305 e. The highest BCUT2D eigenvalue weighted by atomic mass is 35.5. The molecule has 0 bridgehead atoms. The largest absolute Gasteiger partial charge is 0.469 e. The summed E-state index contributed by atoms with van der Waals surface area (Å²) in [5.74, 6) is 0.241. The Labute approximate surface area is 102 Å². The van der Waals surface area contributed by atoms with Crippen LogP contribution in [-0.4, -0.2) is 38.4 Å². The highest BCUT2D eigenvalue weighted by Gasteiger charge is 2.41. The Morgan fingerprint density at radius 2 is 2.19 bits per heavy atom. The van der Waals surface area contributed by atoms with Gasteiger partial charge in [0, 0.05) is 0 Å². The maximum Gasteiger partial charge on any atom is 0.305 e. The van der Waals surface area contributed by atoms with E-state index >= 15 is 0 Å². The molecule has 0 radical (unpaired) electrons. The van der Waals surface area contributed by atoms with E-state index in [2.05, 4.69) is 10.1 Å². The van der Waals surface area contributed by atoms with E-state index in [4.69, 9.17) is 4.74 Å². The lowest BCUT2D eigenvalue weighted by Gasteiger charge is -2.33. The van der Waals surface area contributed by atoms with Gasteiger partial charge in [0.25, 0.3) is 0 Å². The lowest BCUT2D eigenvalue weighted by Crippen LogP contribution is -2.41. The fourth-order valence-electron chi connectivity index (χ4n) is 2.62. The first-order chi connectivity index (χ1) is 7.24. The summed E-state index contributed by atoms with van der Waals surface area (Å²) in [6, 6.07) is 0. The number of piperidine rings is 1. The summed E-state index contributed by atoms with van der Waals surface area (Å²) < 4.78 is 10.6. The third-order valence-corrected chi connectivity index (χ3v) is 3.48. The third-order valence-electron chi connectivity index (χ3n) is 3.48. The number of hydrogen-bond donors (Lipinski definition) is 1. The van der Waals surface area contributed by atoms with Gasteiger partial charge in [0.15, 0.2) is 0 Å². The zero-order valence-corrected chi connectivity index (χ0v) is 10.5. The van der Waals surface area contributed by atoms with Crippen molar-refractivity contribution in [3.8, 4) is 0 Å². The van der Waals surface area contributed by atoms with E-state index in [1.54, 1.807) is 0 Å². The van der Waals surface area contributed by atoms with Crippen LogP contribution in [0.25, 0.3) is 0 Å². The first-order valence-corrected chi connectivity index (χ1v) is 5.66. The molecule has 94 valence electrons. The molecule has 2 saturated heterocycles. The van der Waals surface area contributed by atoms with Crippen molar-refractivity contribution in [3.05, 3.63) is 0 Å². The van der Waals surface area contributed by atoms with Crippen LogP contribution < -0.4 is 5.32 Å². The van der Waals surface area contributed by atoms with Crippen molar-refractivity contribution in [2.75, 3.05) is 26.8 Å². The monoisotopic (exact) mass is 249 g/mol. The molecular weight excluding hydrogens is 230 g/mol. The first kappa shape index (κ1) is 13.7. The SMILES string of the molecule is COC(=O)CC1COC2(CCNCC2)C1.Cl. The average molecular weight is 250 g/mol. The number of halogens is 1. The molecule has 2 fully saturated rings. The summed E-state index contributed by atoms with van der Waals surface area (Å²) in [5.41, 5.74) is 0.0595. The van der Waals surface area contributed by atoms with Gasteiger partial charge >= 0.3 is 5.97 Å². The van der Waals surface area contributed by atoms with Gasteiger partial charge in [0.05, 0.1) is 25.7 Å². The Hall–Kier alpha value is -0.320. The average Bonchev–Trinajstić information content (AvgIpc) is 2.62. The van der Waals surface area contributed by atoms with Gasteiger partial charge in [-0.25, -0.2) is 0 Å². The molecule has 2 aliphatic rings. The molecule has 1 N–H and O–H groups in total. The molecule has 1 atom stereocenters. The number of rotatable bonds is 2. The highest BCUT2D eigenvalue weighted by molar-refractivity contribution is 5.85. The van der Waals surface area contributed by atoms with Gasteiger partial charge in [0.1, 0.15) is 0 Å². The number of carbonyl (C=O) groups excluding carboxylic acids is 1. The van der Waals surface area contributed by atoms with Crippen LogP contribution in [0.2, 0.25) is 0 Å². The van der Waals surface area contributed by atoms with Crippen molar-refractivity contribution in [2.45, 2.75) is 31.3 Å². The van der Waals surface area contributed by atoms with Gasteiger partial charge < -0.3 is 14.8 Å². The second kappa shape index (κ2) is 5.84. The van der Waals surface area contributed by atoms with Crippen molar-refractivity contribution in [1.82, 2.24) is 5.32 Å². The van der Waals surface area contributed by atoms with Crippen molar-refractivity contribution in [3.63, 3.8) is 0 Å². The normalized spacial score (nSPS) is 27.4. The molecule has 0 aromatic rings. The van der Waals surface area contributed by atoms with Crippen LogP contribution >= 0.6 is 12.4 Å². The summed E-state index contributed by atoms with van der Waals surface area (Å²) >= 11 is 0. The molecule has 0 aromatic heterocycles. The van der Waals surface area contributed by atoms with E-state index in [1.165, 1.54) is 7.11 Å². The molecule has 0 aromatic carbocycles. The summed E-state index contributed by atoms with van der Waals surface area (Å²) in [6.45, 7) is 2.78. The number of carbonyl (C=O) groups is 1. The summed E-state index contributed by atoms with van der Waals surface area (Å²) in [7, 11) is 1.44. The predicted octanol–water partition coefficient (Wildman–Crippen LogP) is 1.13. The quantitative estimate of drug-likeness (QED) is 0.746. The molecule has 1 spiro atoms. The highest BCUT2D eigenvalue weighted by Crippen LogP contribution is 2.38. The van der Waals surface area contributed by atoms with E-state index in [9.17, 15) is 4.79 Å². The minimum absolute atomic E-state index is 0. The zero-order chi connectivity index (χ0) is 10.7. The van der Waals surface area contributed by atoms with E-state index in [0.717, 1.165) is 39.0 Å². The predicted molar refractivity (Wildman–Crippen MR) is 62.8 cm³/mol. The number of esters is 1. The lowest BCUT2D eigenvalue weighted by molar-refractivity contribution is -0.141. The Morgan fingerprint density at radius 3 is 2.81 bits per heavy atom. The standard InChI is InChI=1S/C11H19NO3.ClH/c1-14-10(13)6-9-7-11(15-8-9)2-4-12-5-3-11;/h9,12H,2-8H2,1H3;1H. The Morgan fingerprint density at radius 1 is 1.50 bits per heavy atom. The summed E-state index contributed by atoms with van der Waals surface area (Å²) in [6.07, 6.45) is 3.67. The number of hydrogen-bond acceptors (Lipinski definition) is 4. The van der Waals surface area contributed by atoms with E-state index in [0.29, 0.717) is 12.3 Å². The second-order valence-corrected chi connectivity index (χ2v) is 4.59. The number of methoxy groups -OCH3 is 1. The van der Waals surface area contributed by atoms with E-state index < -0.39 is 0 Å². The van der Waals surface area contributed by atoms with Gasteiger partial charge in [-0.1, -0.05) is 0 Å². The molecule has 16 heavy (non-hydrogen) atoms. The molecule has 1 unspecified atom stereocenters. The molecule has 2 aliphatic heterocycles. The number of nitrogens with one attached hydrogen (secondary N) is 1. The lowest BCUT2D eigenvalue weighted by atomic mass is 9.85. The molecule has 2 heterocycles. The van der Waals surface area contributed by atoms with Crippen LogP contribution in [0.15, 0.2) is 0 Å². The first-order valence-electron chi connectivity index (χ1n) is 5.66. The molecule has 4 nitrogen and oxygen atoms in total. The fourth-order valence-corrected chi connectivity index (χ4v) is 2.62. The van der Waals surface area contributed by atoms with Crippen molar-refractivity contribution in [2.24, 2.45) is 5.92 Å². The maximum atomic E-state index is 11.1. The van der Waals surface area contributed by atoms with Crippen molar-refractivity contribution < 1.29 is 14.3 Å². The van der Waals surface area contributed by atoms with Crippen molar-refractivity contribution >= 4 is 18.4 Å². The van der Waals surface area contributed by atoms with Crippen molar-refractivity contribution in [1.29, 1.82) is 0 Å². The Kier molecular flexibility index (Phi) is 5.02. The van der Waals surface area contributed by atoms with Gasteiger partial charge in [-0.05, 0) is 38.3 Å². The third kappa shape index (κ3) is 3.09. The Balaban J connectivity index is 0.00000128. The fraction of sp³-hybridized carbons (Fsp3) is 0.909.